The Morgan fingerprint density at radius 1 is 0.804 bits per heavy atom. The summed E-state index contributed by atoms with van der Waals surface area (Å²) in [5, 5.41) is 14.1. The van der Waals surface area contributed by atoms with Gasteiger partial charge in [0.25, 0.3) is 25.7 Å². The van der Waals surface area contributed by atoms with Gasteiger partial charge in [-0.15, -0.1) is 0 Å². The highest BCUT2D eigenvalue weighted by atomic mass is 32.2. The third-order valence-corrected chi connectivity index (χ3v) is 9.86. The summed E-state index contributed by atoms with van der Waals surface area (Å²) in [4.78, 5) is 23.5. The van der Waals surface area contributed by atoms with Crippen LogP contribution in [0.1, 0.15) is 5.56 Å². The van der Waals surface area contributed by atoms with Crippen LogP contribution >= 0.6 is 0 Å². The molecule has 0 heterocycles. The fourth-order valence-electron chi connectivity index (χ4n) is 4.28. The number of carbonyl (C=O) groups excluding carboxylic acids is 1. The van der Waals surface area contributed by atoms with E-state index in [9.17, 15) is 31.7 Å². The minimum absolute atomic E-state index is 0.0969. The van der Waals surface area contributed by atoms with Gasteiger partial charge < -0.3 is 19.5 Å². The molecule has 0 radical (unpaired) electrons. The number of hydrogen-bond donors (Lipinski definition) is 2. The molecule has 0 atom stereocenters. The number of methoxy groups -OCH3 is 3. The quantitative estimate of drug-likeness (QED) is 0.151. The van der Waals surface area contributed by atoms with E-state index in [4.69, 9.17) is 14.2 Å². The second-order valence-corrected chi connectivity index (χ2v) is 13.2. The Balaban J connectivity index is 1.58. The van der Waals surface area contributed by atoms with Crippen LogP contribution < -0.4 is 28.6 Å². The highest BCUT2D eigenvalue weighted by Crippen LogP contribution is 2.32. The molecule has 4 rings (SSSR count). The zero-order valence-corrected chi connectivity index (χ0v) is 26.7. The second kappa shape index (κ2) is 13.7. The summed E-state index contributed by atoms with van der Waals surface area (Å²) < 4.78 is 72.4. The Morgan fingerprint density at radius 2 is 1.41 bits per heavy atom. The molecule has 0 saturated carbocycles. The molecule has 0 fully saturated rings. The van der Waals surface area contributed by atoms with Gasteiger partial charge in [-0.3, -0.25) is 23.9 Å². The Hall–Kier alpha value is -5.35. The average Bonchev–Trinajstić information content (AvgIpc) is 3.03. The number of nitro benzene ring substituents is 1. The molecule has 0 aliphatic carbocycles. The van der Waals surface area contributed by atoms with Crippen molar-refractivity contribution in [3.8, 4) is 17.2 Å². The lowest BCUT2D eigenvalue weighted by molar-refractivity contribution is -0.385. The predicted octanol–water partition coefficient (Wildman–Crippen LogP) is 4.56. The van der Waals surface area contributed by atoms with Crippen LogP contribution in [0.3, 0.4) is 0 Å². The van der Waals surface area contributed by atoms with Crippen molar-refractivity contribution >= 4 is 48.7 Å². The fraction of sp³-hybridized carbons (Fsp3) is 0.167. The van der Waals surface area contributed by atoms with Crippen molar-refractivity contribution in [2.75, 3.05) is 42.2 Å². The van der Waals surface area contributed by atoms with Crippen molar-refractivity contribution in [1.82, 2.24) is 0 Å². The van der Waals surface area contributed by atoms with Gasteiger partial charge in [0.15, 0.2) is 0 Å². The zero-order chi connectivity index (χ0) is 33.6. The summed E-state index contributed by atoms with van der Waals surface area (Å²) in [5.74, 6) is 0.342. The first-order chi connectivity index (χ1) is 21.8. The van der Waals surface area contributed by atoms with Gasteiger partial charge in [-0.1, -0.05) is 6.07 Å². The number of sulfonamides is 2. The maximum atomic E-state index is 13.8. The third-order valence-electron chi connectivity index (χ3n) is 6.71. The lowest BCUT2D eigenvalue weighted by Gasteiger charge is -2.24. The summed E-state index contributed by atoms with van der Waals surface area (Å²) >= 11 is 0. The molecule has 16 heteroatoms. The molecule has 0 spiro atoms. The number of hydrogen-bond acceptors (Lipinski definition) is 10. The van der Waals surface area contributed by atoms with Gasteiger partial charge in [0.05, 0.1) is 47.4 Å². The molecular formula is C30H30N4O10S2. The van der Waals surface area contributed by atoms with Gasteiger partial charge in [0, 0.05) is 23.4 Å². The fourth-order valence-corrected chi connectivity index (χ4v) is 6.79. The van der Waals surface area contributed by atoms with Crippen LogP contribution in [0.5, 0.6) is 17.2 Å². The zero-order valence-electron chi connectivity index (χ0n) is 25.1. The smallest absolute Gasteiger partial charge is 0.273 e. The van der Waals surface area contributed by atoms with Crippen molar-refractivity contribution < 1.29 is 40.8 Å². The molecule has 1 amide bonds. The summed E-state index contributed by atoms with van der Waals surface area (Å²) in [7, 11) is -4.30. The minimum Gasteiger partial charge on any atom is -0.497 e. The molecule has 242 valence electrons. The second-order valence-electron chi connectivity index (χ2n) is 9.66. The van der Waals surface area contributed by atoms with E-state index in [2.05, 4.69) is 10.0 Å². The maximum absolute atomic E-state index is 13.8. The van der Waals surface area contributed by atoms with Crippen LogP contribution in [0.4, 0.5) is 22.7 Å². The van der Waals surface area contributed by atoms with E-state index in [1.54, 1.807) is 12.1 Å². The maximum Gasteiger partial charge on any atom is 0.273 e. The summed E-state index contributed by atoms with van der Waals surface area (Å²) in [6.07, 6.45) is 0. The first kappa shape index (κ1) is 33.5. The number of nitro groups is 1. The number of carbonyl (C=O) groups is 1. The van der Waals surface area contributed by atoms with Crippen molar-refractivity contribution in [3.05, 3.63) is 101 Å². The monoisotopic (exact) mass is 670 g/mol. The van der Waals surface area contributed by atoms with Crippen molar-refractivity contribution in [2.45, 2.75) is 16.7 Å². The van der Waals surface area contributed by atoms with Gasteiger partial charge in [-0.05, 0) is 73.7 Å². The van der Waals surface area contributed by atoms with Gasteiger partial charge in [0.1, 0.15) is 23.8 Å². The largest absolute Gasteiger partial charge is 0.497 e. The highest BCUT2D eigenvalue weighted by molar-refractivity contribution is 7.93. The van der Waals surface area contributed by atoms with Crippen molar-refractivity contribution in [3.63, 3.8) is 0 Å². The van der Waals surface area contributed by atoms with Crippen LogP contribution in [-0.2, 0) is 24.8 Å². The van der Waals surface area contributed by atoms with E-state index in [1.807, 2.05) is 0 Å². The number of aryl methyl sites for hydroxylation is 1. The van der Waals surface area contributed by atoms with Crippen LogP contribution in [0, 0.1) is 17.0 Å². The molecule has 0 bridgehead atoms. The molecular weight excluding hydrogens is 640 g/mol. The van der Waals surface area contributed by atoms with Crippen molar-refractivity contribution in [1.29, 1.82) is 0 Å². The number of ether oxygens (including phenoxy) is 3. The standard InChI is InChI=1S/C30H30N4O10S2/c1-20-5-13-26(18-28(20)34(36)37)46(40,41)33(22-8-10-23(42-2)11-9-22)19-30(35)31-21-6-14-25(15-7-21)45(38,39)32-27-17-24(43-3)12-16-29(27)44-4/h5-18,32H,19H2,1-4H3,(H,31,35). The summed E-state index contributed by atoms with van der Waals surface area (Å²) in [6, 6.07) is 19.1. The van der Waals surface area contributed by atoms with Gasteiger partial charge in [0.2, 0.25) is 5.91 Å². The number of nitrogens with one attached hydrogen (secondary N) is 2. The third kappa shape index (κ3) is 7.47. The van der Waals surface area contributed by atoms with E-state index < -0.39 is 43.1 Å². The molecule has 0 aliphatic rings. The van der Waals surface area contributed by atoms with Crippen LogP contribution in [0.15, 0.2) is 94.7 Å². The minimum atomic E-state index is -4.48. The number of rotatable bonds is 13. The topological polar surface area (TPSA) is 183 Å². The number of anilines is 3. The molecule has 14 nitrogen and oxygen atoms in total. The molecule has 46 heavy (non-hydrogen) atoms. The molecule has 0 unspecified atom stereocenters. The molecule has 2 N–H and O–H groups in total. The van der Waals surface area contributed by atoms with Crippen LogP contribution in [0.2, 0.25) is 0 Å². The van der Waals surface area contributed by atoms with Crippen LogP contribution in [-0.4, -0.2) is 55.5 Å². The van der Waals surface area contributed by atoms with Gasteiger partial charge in [-0.2, -0.15) is 0 Å². The SMILES string of the molecule is COc1ccc(N(CC(=O)Nc2ccc(S(=O)(=O)Nc3cc(OC)ccc3OC)cc2)S(=O)(=O)c2ccc(C)c([N+](=O)[O-])c2)cc1. The van der Waals surface area contributed by atoms with Gasteiger partial charge >= 0.3 is 0 Å². The average molecular weight is 671 g/mol. The first-order valence-corrected chi connectivity index (χ1v) is 16.3. The van der Waals surface area contributed by atoms with E-state index in [-0.39, 0.29) is 38.2 Å². The Labute approximate surface area is 265 Å². The number of amides is 1. The highest BCUT2D eigenvalue weighted by Gasteiger charge is 2.29. The molecule has 0 aliphatic heterocycles. The number of nitrogens with zero attached hydrogens (tertiary/aromatic N) is 2. The lowest BCUT2D eigenvalue weighted by Crippen LogP contribution is -2.38. The molecule has 0 saturated heterocycles. The van der Waals surface area contributed by atoms with E-state index in [0.29, 0.717) is 11.5 Å². The normalized spacial score (nSPS) is 11.3. The Bertz CT molecular complexity index is 1970. The van der Waals surface area contributed by atoms with Crippen molar-refractivity contribution in [2.24, 2.45) is 0 Å². The predicted molar refractivity (Wildman–Crippen MR) is 171 cm³/mol. The molecule has 0 aromatic heterocycles. The Kier molecular flexibility index (Phi) is 10.0. The summed E-state index contributed by atoms with van der Waals surface area (Å²) in [6.45, 7) is 0.763. The van der Waals surface area contributed by atoms with E-state index in [1.165, 1.54) is 95.0 Å². The van der Waals surface area contributed by atoms with E-state index in [0.717, 1.165) is 10.4 Å². The van der Waals surface area contributed by atoms with Gasteiger partial charge in [-0.25, -0.2) is 16.8 Å². The van der Waals surface area contributed by atoms with Crippen LogP contribution in [0.25, 0.3) is 0 Å². The Morgan fingerprint density at radius 3 is 2.00 bits per heavy atom. The number of benzene rings is 4. The summed E-state index contributed by atoms with van der Waals surface area (Å²) in [5.41, 5.74) is 0.300. The first-order valence-electron chi connectivity index (χ1n) is 13.4. The lowest BCUT2D eigenvalue weighted by atomic mass is 10.2. The molecule has 4 aromatic rings. The molecule has 4 aromatic carbocycles. The van der Waals surface area contributed by atoms with E-state index >= 15 is 0 Å².